The van der Waals surface area contributed by atoms with E-state index in [9.17, 15) is 9.13 Å². The highest BCUT2D eigenvalue weighted by molar-refractivity contribution is 7.60. The number of hydrogen-bond donors (Lipinski definition) is 3. The van der Waals surface area contributed by atoms with Crippen LogP contribution in [0.1, 0.15) is 20.3 Å². The van der Waals surface area contributed by atoms with Gasteiger partial charge in [0.15, 0.2) is 0 Å². The highest BCUT2D eigenvalue weighted by Gasteiger charge is 2.31. The third-order valence-electron chi connectivity index (χ3n) is 1.45. The molecule has 0 saturated heterocycles. The van der Waals surface area contributed by atoms with E-state index in [4.69, 9.17) is 14.7 Å². The molecule has 7 nitrogen and oxygen atoms in total. The first kappa shape index (κ1) is 15.0. The molecular formula is C6H14O7P2. The van der Waals surface area contributed by atoms with Gasteiger partial charge in [0.1, 0.15) is 0 Å². The van der Waals surface area contributed by atoms with Crippen LogP contribution in [0.15, 0.2) is 11.6 Å². The van der Waals surface area contributed by atoms with Gasteiger partial charge in [-0.15, -0.1) is 0 Å². The van der Waals surface area contributed by atoms with Gasteiger partial charge in [0.05, 0.1) is 6.61 Å². The highest BCUT2D eigenvalue weighted by Crippen LogP contribution is 2.57. The summed E-state index contributed by atoms with van der Waals surface area (Å²) in [5.41, 5.74) is 0.922. The Morgan fingerprint density at radius 1 is 1.33 bits per heavy atom. The van der Waals surface area contributed by atoms with Gasteiger partial charge in [0.2, 0.25) is 0 Å². The SMILES string of the molecule is C/C=C(/C)CCOP(=O)(O)OP(=O)(O)O. The zero-order valence-electron chi connectivity index (χ0n) is 8.36. The van der Waals surface area contributed by atoms with Crippen LogP contribution in [0.5, 0.6) is 0 Å². The van der Waals surface area contributed by atoms with Crippen LogP contribution in [0.2, 0.25) is 0 Å². The fraction of sp³-hybridized carbons (Fsp3) is 0.667. The molecule has 0 aromatic rings. The largest absolute Gasteiger partial charge is 0.481 e. The Labute approximate surface area is 87.6 Å². The first-order valence-corrected chi connectivity index (χ1v) is 7.05. The predicted molar refractivity (Wildman–Crippen MR) is 53.0 cm³/mol. The highest BCUT2D eigenvalue weighted by atomic mass is 31.3. The van der Waals surface area contributed by atoms with Crippen molar-refractivity contribution in [2.45, 2.75) is 20.3 Å². The minimum atomic E-state index is -5.01. The van der Waals surface area contributed by atoms with E-state index in [0.29, 0.717) is 6.42 Å². The number of phosphoric ester groups is 1. The Morgan fingerprint density at radius 3 is 2.27 bits per heavy atom. The van der Waals surface area contributed by atoms with E-state index in [0.717, 1.165) is 5.57 Å². The summed E-state index contributed by atoms with van der Waals surface area (Å²) >= 11 is 0. The lowest BCUT2D eigenvalue weighted by Crippen LogP contribution is -1.96. The van der Waals surface area contributed by atoms with Crippen LogP contribution in [0.25, 0.3) is 0 Å². The molecule has 15 heavy (non-hydrogen) atoms. The molecule has 0 bridgehead atoms. The van der Waals surface area contributed by atoms with Gasteiger partial charge in [0.25, 0.3) is 0 Å². The van der Waals surface area contributed by atoms with Crippen LogP contribution in [0.4, 0.5) is 0 Å². The molecule has 0 aromatic carbocycles. The van der Waals surface area contributed by atoms with E-state index in [1.165, 1.54) is 0 Å². The third kappa shape index (κ3) is 8.96. The zero-order chi connectivity index (χ0) is 12.1. The van der Waals surface area contributed by atoms with Crippen LogP contribution < -0.4 is 0 Å². The molecule has 0 aliphatic carbocycles. The first-order valence-electron chi connectivity index (χ1n) is 4.02. The minimum absolute atomic E-state index is 0.149. The normalized spacial score (nSPS) is 17.5. The first-order chi connectivity index (χ1) is 6.66. The van der Waals surface area contributed by atoms with Gasteiger partial charge in [-0.05, 0) is 20.3 Å². The van der Waals surface area contributed by atoms with Gasteiger partial charge in [0, 0.05) is 0 Å². The summed E-state index contributed by atoms with van der Waals surface area (Å²) in [4.78, 5) is 25.4. The van der Waals surface area contributed by atoms with E-state index >= 15 is 0 Å². The molecule has 0 radical (unpaired) electrons. The number of rotatable bonds is 6. The standard InChI is InChI=1S/C6H14O7P2/c1-3-6(2)4-5-12-15(10,11)13-14(7,8)9/h3H,4-5H2,1-2H3,(H,10,11)(H2,7,8,9)/b6-3-. The summed E-state index contributed by atoms with van der Waals surface area (Å²) in [5.74, 6) is 0. The fourth-order valence-corrected chi connectivity index (χ4v) is 2.21. The molecule has 0 rings (SSSR count). The molecule has 90 valence electrons. The Hall–Kier alpha value is -0.0000000000000000416. The van der Waals surface area contributed by atoms with Crippen LogP contribution >= 0.6 is 15.6 Å². The summed E-state index contributed by atoms with van der Waals surface area (Å²) in [7, 11) is -9.68. The third-order valence-corrected chi connectivity index (χ3v) is 3.64. The minimum Gasteiger partial charge on any atom is -0.302 e. The average Bonchev–Trinajstić information content (AvgIpc) is 1.98. The lowest BCUT2D eigenvalue weighted by molar-refractivity contribution is 0.180. The quantitative estimate of drug-likeness (QED) is 0.490. The molecule has 0 saturated carbocycles. The van der Waals surface area contributed by atoms with E-state index in [1.54, 1.807) is 19.9 Å². The number of phosphoric acid groups is 2. The maximum Gasteiger partial charge on any atom is 0.481 e. The Bertz CT molecular complexity index is 317. The average molecular weight is 260 g/mol. The van der Waals surface area contributed by atoms with Crippen molar-refractivity contribution >= 4 is 15.6 Å². The second kappa shape index (κ2) is 5.92. The van der Waals surface area contributed by atoms with Crippen LogP contribution in [-0.4, -0.2) is 21.3 Å². The smallest absolute Gasteiger partial charge is 0.302 e. The van der Waals surface area contributed by atoms with Crippen LogP contribution in [0, 0.1) is 0 Å². The molecule has 0 spiro atoms. The summed E-state index contributed by atoms with van der Waals surface area (Å²) in [6, 6.07) is 0. The van der Waals surface area contributed by atoms with E-state index in [2.05, 4.69) is 8.83 Å². The lowest BCUT2D eigenvalue weighted by atomic mass is 10.2. The molecule has 1 atom stereocenters. The van der Waals surface area contributed by atoms with E-state index < -0.39 is 15.6 Å². The monoisotopic (exact) mass is 260 g/mol. The predicted octanol–water partition coefficient (Wildman–Crippen LogP) is 1.57. The second-order valence-corrected chi connectivity index (χ2v) is 5.59. The summed E-state index contributed by atoms with van der Waals surface area (Å²) in [6.45, 7) is 3.43. The van der Waals surface area contributed by atoms with Crippen molar-refractivity contribution in [3.05, 3.63) is 11.6 Å². The van der Waals surface area contributed by atoms with Gasteiger partial charge >= 0.3 is 15.6 Å². The summed E-state index contributed by atoms with van der Waals surface area (Å²) < 4.78 is 29.1. The van der Waals surface area contributed by atoms with Gasteiger partial charge in [-0.25, -0.2) is 9.13 Å². The second-order valence-electron chi connectivity index (χ2n) is 2.76. The summed E-state index contributed by atoms with van der Waals surface area (Å²) in [6.07, 6.45) is 2.17. The van der Waals surface area contributed by atoms with Gasteiger partial charge in [-0.3, -0.25) is 4.52 Å². The lowest BCUT2D eigenvalue weighted by Gasteiger charge is -2.12. The molecule has 0 aromatic heterocycles. The van der Waals surface area contributed by atoms with E-state index in [1.807, 2.05) is 0 Å². The molecule has 0 aliphatic heterocycles. The molecule has 9 heteroatoms. The maximum atomic E-state index is 10.9. The van der Waals surface area contributed by atoms with Crippen molar-refractivity contribution in [3.8, 4) is 0 Å². The number of allylic oxidation sites excluding steroid dienone is 1. The topological polar surface area (TPSA) is 113 Å². The molecule has 3 N–H and O–H groups in total. The maximum absolute atomic E-state index is 10.9. The molecule has 0 amide bonds. The van der Waals surface area contributed by atoms with E-state index in [-0.39, 0.29) is 6.61 Å². The zero-order valence-corrected chi connectivity index (χ0v) is 10.1. The molecule has 0 aliphatic rings. The van der Waals surface area contributed by atoms with Crippen LogP contribution in [0.3, 0.4) is 0 Å². The summed E-state index contributed by atoms with van der Waals surface area (Å²) in [5, 5.41) is 0. The molecule has 1 unspecified atom stereocenters. The van der Waals surface area contributed by atoms with Gasteiger partial charge < -0.3 is 14.7 Å². The van der Waals surface area contributed by atoms with Crippen molar-refractivity contribution < 1.29 is 32.6 Å². The number of hydrogen-bond acceptors (Lipinski definition) is 4. The van der Waals surface area contributed by atoms with Gasteiger partial charge in [-0.2, -0.15) is 4.31 Å². The Kier molecular flexibility index (Phi) is 5.92. The van der Waals surface area contributed by atoms with Crippen molar-refractivity contribution in [2.24, 2.45) is 0 Å². The van der Waals surface area contributed by atoms with Crippen molar-refractivity contribution in [3.63, 3.8) is 0 Å². The Morgan fingerprint density at radius 2 is 1.87 bits per heavy atom. The molecule has 0 heterocycles. The van der Waals surface area contributed by atoms with Crippen molar-refractivity contribution in [1.82, 2.24) is 0 Å². The fourth-order valence-electron chi connectivity index (χ4n) is 0.624. The van der Waals surface area contributed by atoms with Crippen molar-refractivity contribution in [1.29, 1.82) is 0 Å². The van der Waals surface area contributed by atoms with Crippen molar-refractivity contribution in [2.75, 3.05) is 6.61 Å². The van der Waals surface area contributed by atoms with Gasteiger partial charge in [-0.1, -0.05) is 11.6 Å². The molecular weight excluding hydrogens is 246 g/mol. The Balaban J connectivity index is 4.06. The molecule has 0 fully saturated rings. The van der Waals surface area contributed by atoms with Crippen LogP contribution in [-0.2, 0) is 18.0 Å².